The molecule has 0 aromatic heterocycles. The topological polar surface area (TPSA) is 58.1 Å². The fraction of sp³-hybridized carbons (Fsp3) is 0.632. The van der Waals surface area contributed by atoms with Crippen molar-refractivity contribution in [3.8, 4) is 11.5 Å². The zero-order chi connectivity index (χ0) is 18.1. The number of unbranched alkanes of at least 4 members (excludes halogenated alkanes) is 2. The number of anilines is 1. The Labute approximate surface area is 174 Å². The summed E-state index contributed by atoms with van der Waals surface area (Å²) in [6, 6.07) is 6.40. The summed E-state index contributed by atoms with van der Waals surface area (Å²) in [5, 5.41) is 6.94. The van der Waals surface area contributed by atoms with Crippen molar-refractivity contribution in [3.05, 3.63) is 18.2 Å². The summed E-state index contributed by atoms with van der Waals surface area (Å²) in [5.41, 5.74) is 1.13. The van der Waals surface area contributed by atoms with Crippen LogP contribution in [0.1, 0.15) is 32.6 Å². The lowest BCUT2D eigenvalue weighted by Gasteiger charge is -2.21. The smallest absolute Gasteiger partial charge is 0.191 e. The molecule has 1 aromatic rings. The molecule has 0 aliphatic carbocycles. The second-order valence-electron chi connectivity index (χ2n) is 6.35. The molecule has 1 saturated heterocycles. The van der Waals surface area contributed by atoms with Gasteiger partial charge in [-0.1, -0.05) is 19.8 Å². The Balaban J connectivity index is 0.00000338. The minimum Gasteiger partial charge on any atom is -0.497 e. The molecule has 1 aromatic carbocycles. The molecule has 1 atom stereocenters. The van der Waals surface area contributed by atoms with Gasteiger partial charge in [-0.3, -0.25) is 4.99 Å². The standard InChI is InChI=1S/C19H32N4O2.HI/c1-5-6-7-9-21-19(20-2)22-15-8-10-23(14-15)16-11-17(24-3)13-18(12-16)25-4;/h11-13,15H,5-10,14H2,1-4H3,(H2,20,21,22);1H. The molecule has 6 nitrogen and oxygen atoms in total. The van der Waals surface area contributed by atoms with Crippen molar-refractivity contribution in [2.24, 2.45) is 4.99 Å². The highest BCUT2D eigenvalue weighted by atomic mass is 127. The maximum Gasteiger partial charge on any atom is 0.191 e. The molecule has 0 amide bonds. The maximum atomic E-state index is 5.38. The van der Waals surface area contributed by atoms with Gasteiger partial charge in [-0.2, -0.15) is 0 Å². The molecule has 1 fully saturated rings. The predicted octanol–water partition coefficient (Wildman–Crippen LogP) is 3.26. The van der Waals surface area contributed by atoms with Gasteiger partial charge in [0.2, 0.25) is 0 Å². The minimum atomic E-state index is 0. The van der Waals surface area contributed by atoms with Crippen LogP contribution in [-0.4, -0.2) is 52.9 Å². The van der Waals surface area contributed by atoms with E-state index in [-0.39, 0.29) is 24.0 Å². The number of rotatable bonds is 8. The summed E-state index contributed by atoms with van der Waals surface area (Å²) in [5.74, 6) is 2.53. The molecule has 2 rings (SSSR count). The van der Waals surface area contributed by atoms with Gasteiger partial charge >= 0.3 is 0 Å². The third kappa shape index (κ3) is 6.74. The molecular weight excluding hydrogens is 443 g/mol. The van der Waals surface area contributed by atoms with E-state index in [4.69, 9.17) is 9.47 Å². The maximum absolute atomic E-state index is 5.38. The predicted molar refractivity (Wildman–Crippen MR) is 120 cm³/mol. The number of aliphatic imine (C=N–C) groups is 1. The average molecular weight is 476 g/mol. The molecule has 1 unspecified atom stereocenters. The number of guanidine groups is 1. The SMILES string of the molecule is CCCCCNC(=NC)NC1CCN(c2cc(OC)cc(OC)c2)C1.I. The lowest BCUT2D eigenvalue weighted by molar-refractivity contribution is 0.394. The van der Waals surface area contributed by atoms with E-state index in [1.165, 1.54) is 19.3 Å². The second-order valence-corrected chi connectivity index (χ2v) is 6.35. The molecule has 0 spiro atoms. The van der Waals surface area contributed by atoms with Crippen molar-refractivity contribution >= 4 is 35.6 Å². The molecule has 148 valence electrons. The Morgan fingerprint density at radius 1 is 1.19 bits per heavy atom. The Morgan fingerprint density at radius 3 is 2.46 bits per heavy atom. The number of ether oxygens (including phenoxy) is 2. The first-order valence-electron chi connectivity index (χ1n) is 9.15. The Hall–Kier alpha value is -1.38. The summed E-state index contributed by atoms with van der Waals surface area (Å²) in [6.07, 6.45) is 4.74. The van der Waals surface area contributed by atoms with Gasteiger partial charge in [-0.15, -0.1) is 24.0 Å². The number of benzene rings is 1. The largest absolute Gasteiger partial charge is 0.497 e. The summed E-state index contributed by atoms with van der Waals surface area (Å²) in [7, 11) is 5.19. The van der Waals surface area contributed by atoms with Crippen LogP contribution in [0.25, 0.3) is 0 Å². The Bertz CT molecular complexity index is 546. The van der Waals surface area contributed by atoms with Crippen LogP contribution in [0.15, 0.2) is 23.2 Å². The van der Waals surface area contributed by atoms with Crippen LogP contribution in [0.4, 0.5) is 5.69 Å². The number of nitrogens with zero attached hydrogens (tertiary/aromatic N) is 2. The number of nitrogens with one attached hydrogen (secondary N) is 2. The first kappa shape index (κ1) is 22.7. The zero-order valence-electron chi connectivity index (χ0n) is 16.4. The zero-order valence-corrected chi connectivity index (χ0v) is 18.7. The van der Waals surface area contributed by atoms with Crippen LogP contribution in [0, 0.1) is 0 Å². The number of halogens is 1. The van der Waals surface area contributed by atoms with E-state index in [1.807, 2.05) is 13.1 Å². The number of hydrogen-bond donors (Lipinski definition) is 2. The Kier molecular flexibility index (Phi) is 10.5. The van der Waals surface area contributed by atoms with Crippen LogP contribution < -0.4 is 25.0 Å². The fourth-order valence-electron chi connectivity index (χ4n) is 3.06. The normalized spacial score (nSPS) is 16.8. The first-order valence-corrected chi connectivity index (χ1v) is 9.15. The fourth-order valence-corrected chi connectivity index (χ4v) is 3.06. The molecule has 1 aliphatic heterocycles. The van der Waals surface area contributed by atoms with Crippen molar-refractivity contribution in [3.63, 3.8) is 0 Å². The summed E-state index contributed by atoms with van der Waals surface area (Å²) in [4.78, 5) is 6.69. The van der Waals surface area contributed by atoms with E-state index in [0.717, 1.165) is 49.2 Å². The van der Waals surface area contributed by atoms with Gasteiger partial charge in [-0.05, 0) is 12.8 Å². The first-order chi connectivity index (χ1) is 12.2. The van der Waals surface area contributed by atoms with E-state index < -0.39 is 0 Å². The van der Waals surface area contributed by atoms with Crippen molar-refractivity contribution in [2.75, 3.05) is 45.8 Å². The van der Waals surface area contributed by atoms with E-state index >= 15 is 0 Å². The van der Waals surface area contributed by atoms with Crippen LogP contribution in [0.2, 0.25) is 0 Å². The lowest BCUT2D eigenvalue weighted by Crippen LogP contribution is -2.44. The Morgan fingerprint density at radius 2 is 1.88 bits per heavy atom. The highest BCUT2D eigenvalue weighted by Crippen LogP contribution is 2.30. The number of hydrogen-bond acceptors (Lipinski definition) is 4. The van der Waals surface area contributed by atoms with E-state index in [2.05, 4.69) is 39.6 Å². The molecule has 0 radical (unpaired) electrons. The van der Waals surface area contributed by atoms with E-state index in [1.54, 1.807) is 14.2 Å². The highest BCUT2D eigenvalue weighted by molar-refractivity contribution is 14.0. The van der Waals surface area contributed by atoms with Crippen LogP contribution in [0.3, 0.4) is 0 Å². The van der Waals surface area contributed by atoms with Crippen molar-refractivity contribution < 1.29 is 9.47 Å². The quantitative estimate of drug-likeness (QED) is 0.261. The molecular formula is C19H33IN4O2. The van der Waals surface area contributed by atoms with Crippen molar-refractivity contribution in [1.82, 2.24) is 10.6 Å². The summed E-state index contributed by atoms with van der Waals surface area (Å²) >= 11 is 0. The van der Waals surface area contributed by atoms with Crippen LogP contribution >= 0.6 is 24.0 Å². The summed E-state index contributed by atoms with van der Waals surface area (Å²) in [6.45, 7) is 5.12. The van der Waals surface area contributed by atoms with Crippen molar-refractivity contribution in [1.29, 1.82) is 0 Å². The van der Waals surface area contributed by atoms with Gasteiger partial charge in [-0.25, -0.2) is 0 Å². The third-order valence-corrected chi connectivity index (χ3v) is 4.53. The van der Waals surface area contributed by atoms with Gasteiger partial charge in [0.1, 0.15) is 11.5 Å². The monoisotopic (exact) mass is 476 g/mol. The second kappa shape index (κ2) is 12.1. The molecule has 0 saturated carbocycles. The molecule has 7 heteroatoms. The highest BCUT2D eigenvalue weighted by Gasteiger charge is 2.24. The average Bonchev–Trinajstić information content (AvgIpc) is 3.12. The molecule has 1 aliphatic rings. The van der Waals surface area contributed by atoms with Gasteiger partial charge in [0.15, 0.2) is 5.96 Å². The lowest BCUT2D eigenvalue weighted by atomic mass is 10.2. The summed E-state index contributed by atoms with van der Waals surface area (Å²) < 4.78 is 10.8. The molecule has 2 N–H and O–H groups in total. The molecule has 0 bridgehead atoms. The van der Waals surface area contributed by atoms with Gasteiger partial charge in [0, 0.05) is 56.6 Å². The van der Waals surface area contributed by atoms with E-state index in [0.29, 0.717) is 6.04 Å². The van der Waals surface area contributed by atoms with Crippen LogP contribution in [-0.2, 0) is 0 Å². The van der Waals surface area contributed by atoms with Gasteiger partial charge in [0.05, 0.1) is 14.2 Å². The third-order valence-electron chi connectivity index (χ3n) is 4.53. The molecule has 1 heterocycles. The van der Waals surface area contributed by atoms with Crippen LogP contribution in [0.5, 0.6) is 11.5 Å². The van der Waals surface area contributed by atoms with Crippen molar-refractivity contribution in [2.45, 2.75) is 38.6 Å². The van der Waals surface area contributed by atoms with Gasteiger partial charge in [0.25, 0.3) is 0 Å². The molecule has 26 heavy (non-hydrogen) atoms. The number of methoxy groups -OCH3 is 2. The van der Waals surface area contributed by atoms with E-state index in [9.17, 15) is 0 Å². The minimum absolute atomic E-state index is 0. The van der Waals surface area contributed by atoms with Gasteiger partial charge < -0.3 is 25.0 Å².